The summed E-state index contributed by atoms with van der Waals surface area (Å²) in [7, 11) is 1.61. The summed E-state index contributed by atoms with van der Waals surface area (Å²) in [5, 5.41) is 9.10. The molecule has 0 radical (unpaired) electrons. The third-order valence-corrected chi connectivity index (χ3v) is 6.55. The molecule has 0 spiro atoms. The monoisotopic (exact) mass is 517 g/mol. The number of alkyl halides is 3. The summed E-state index contributed by atoms with van der Waals surface area (Å²) in [4.78, 5) is 51.7. The molecule has 0 unspecified atom stereocenters. The number of nitrogens with zero attached hydrogens (tertiary/aromatic N) is 3. The van der Waals surface area contributed by atoms with Gasteiger partial charge < -0.3 is 14.7 Å². The predicted octanol–water partition coefficient (Wildman–Crippen LogP) is 3.69. The molecule has 12 heteroatoms. The summed E-state index contributed by atoms with van der Waals surface area (Å²) in [6.45, 7) is 4.07. The number of carboxylic acid groups (broad SMARTS) is 1. The van der Waals surface area contributed by atoms with Gasteiger partial charge in [0.2, 0.25) is 11.7 Å². The van der Waals surface area contributed by atoms with E-state index in [1.807, 2.05) is 0 Å². The van der Waals surface area contributed by atoms with Crippen LogP contribution in [0, 0.1) is 6.92 Å². The van der Waals surface area contributed by atoms with Gasteiger partial charge in [0.25, 0.3) is 5.56 Å². The van der Waals surface area contributed by atoms with E-state index >= 15 is 0 Å². The number of amides is 1. The minimum atomic E-state index is -4.65. The average Bonchev–Trinajstić information content (AvgIpc) is 2.98. The van der Waals surface area contributed by atoms with Gasteiger partial charge in [0.15, 0.2) is 0 Å². The van der Waals surface area contributed by atoms with E-state index in [1.165, 1.54) is 24.0 Å². The van der Waals surface area contributed by atoms with Crippen LogP contribution in [0.2, 0.25) is 0 Å². The van der Waals surface area contributed by atoms with Gasteiger partial charge in [0.1, 0.15) is 0 Å². The maximum absolute atomic E-state index is 13.4. The van der Waals surface area contributed by atoms with Gasteiger partial charge in [0.05, 0.1) is 29.4 Å². The Balaban J connectivity index is 1.92. The van der Waals surface area contributed by atoms with Crippen molar-refractivity contribution in [2.75, 3.05) is 11.9 Å². The lowest BCUT2D eigenvalue weighted by Crippen LogP contribution is -2.40. The first-order valence-corrected chi connectivity index (χ1v) is 11.0. The fraction of sp³-hybridized carbons (Fsp3) is 0.280. The van der Waals surface area contributed by atoms with Crippen molar-refractivity contribution in [1.29, 1.82) is 0 Å². The number of anilines is 1. The Kier molecular flexibility index (Phi) is 6.01. The topological polar surface area (TPSA) is 111 Å². The fourth-order valence-electron chi connectivity index (χ4n) is 4.51. The Hall–Kier alpha value is -4.35. The lowest BCUT2D eigenvalue weighted by molar-refractivity contribution is -0.138. The van der Waals surface area contributed by atoms with E-state index < -0.39 is 46.9 Å². The summed E-state index contributed by atoms with van der Waals surface area (Å²) in [5.74, 6) is -0.892. The zero-order valence-corrected chi connectivity index (χ0v) is 20.2. The van der Waals surface area contributed by atoms with Crippen molar-refractivity contribution in [2.45, 2.75) is 38.9 Å². The van der Waals surface area contributed by atoms with E-state index in [0.29, 0.717) is 15.8 Å². The SMILES string of the molecule is Cc1c(Cn2c(=O)c(OC(=O)O)cn(-c3ccc4c(c3)C(C)(C)C(=O)N4C)c2=O)cccc1C(F)(F)F. The molecular formula is C25H22F3N3O6. The van der Waals surface area contributed by atoms with Crippen molar-refractivity contribution >= 4 is 17.7 Å². The second-order valence-electron chi connectivity index (χ2n) is 9.18. The van der Waals surface area contributed by atoms with Crippen molar-refractivity contribution in [1.82, 2.24) is 9.13 Å². The summed E-state index contributed by atoms with van der Waals surface area (Å²) in [6.07, 6.45) is -5.56. The number of ether oxygens (including phenoxy) is 1. The van der Waals surface area contributed by atoms with Crippen LogP contribution < -0.4 is 20.9 Å². The summed E-state index contributed by atoms with van der Waals surface area (Å²) >= 11 is 0. The number of aromatic nitrogens is 2. The van der Waals surface area contributed by atoms with E-state index in [2.05, 4.69) is 4.74 Å². The molecule has 4 rings (SSSR count). The first-order chi connectivity index (χ1) is 17.1. The van der Waals surface area contributed by atoms with E-state index in [-0.39, 0.29) is 22.7 Å². The fourth-order valence-corrected chi connectivity index (χ4v) is 4.51. The maximum atomic E-state index is 13.4. The molecule has 1 N–H and O–H groups in total. The Morgan fingerprint density at radius 1 is 1.11 bits per heavy atom. The number of carbonyl (C=O) groups is 2. The highest BCUT2D eigenvalue weighted by Gasteiger charge is 2.42. The van der Waals surface area contributed by atoms with Gasteiger partial charge in [-0.2, -0.15) is 13.2 Å². The zero-order chi connectivity index (χ0) is 27.4. The smallest absolute Gasteiger partial charge is 0.449 e. The van der Waals surface area contributed by atoms with Crippen LogP contribution in [0.3, 0.4) is 0 Å². The number of fused-ring (bicyclic) bond motifs is 1. The van der Waals surface area contributed by atoms with E-state index in [0.717, 1.165) is 22.9 Å². The first kappa shape index (κ1) is 25.7. The van der Waals surface area contributed by atoms with Crippen LogP contribution in [-0.2, 0) is 22.9 Å². The molecule has 1 aliphatic rings. The van der Waals surface area contributed by atoms with Crippen molar-refractivity contribution < 1.29 is 32.6 Å². The molecule has 0 fully saturated rings. The van der Waals surface area contributed by atoms with Crippen LogP contribution in [0.5, 0.6) is 5.75 Å². The maximum Gasteiger partial charge on any atom is 0.511 e. The normalized spacial score (nSPS) is 14.6. The number of hydrogen-bond acceptors (Lipinski definition) is 5. The summed E-state index contributed by atoms with van der Waals surface area (Å²) in [5.41, 5.74) is -2.65. The van der Waals surface area contributed by atoms with Crippen LogP contribution in [0.4, 0.5) is 23.7 Å². The molecule has 0 bridgehead atoms. The van der Waals surface area contributed by atoms with Crippen molar-refractivity contribution in [3.05, 3.63) is 85.7 Å². The molecule has 0 atom stereocenters. The van der Waals surface area contributed by atoms with E-state index in [1.54, 1.807) is 33.0 Å². The Labute approximate surface area is 207 Å². The van der Waals surface area contributed by atoms with Gasteiger partial charge >= 0.3 is 18.0 Å². The lowest BCUT2D eigenvalue weighted by Gasteiger charge is -2.18. The third kappa shape index (κ3) is 4.28. The highest BCUT2D eigenvalue weighted by atomic mass is 19.4. The Morgan fingerprint density at radius 3 is 2.41 bits per heavy atom. The molecule has 37 heavy (non-hydrogen) atoms. The zero-order valence-electron chi connectivity index (χ0n) is 20.2. The van der Waals surface area contributed by atoms with Crippen LogP contribution >= 0.6 is 0 Å². The molecule has 1 amide bonds. The van der Waals surface area contributed by atoms with Gasteiger partial charge in [-0.15, -0.1) is 0 Å². The number of hydrogen-bond donors (Lipinski definition) is 1. The highest BCUT2D eigenvalue weighted by molar-refractivity contribution is 6.07. The van der Waals surface area contributed by atoms with Gasteiger partial charge in [-0.3, -0.25) is 18.7 Å². The standard InChI is InChI=1S/C25H22F3N3O6/c1-13-14(6-5-7-16(13)25(26,27)28)11-31-20(32)19(37-23(35)36)12-30(22(31)34)15-8-9-18-17(10-15)24(2,3)21(33)29(18)4/h5-10,12H,11H2,1-4H3,(H,35,36). The highest BCUT2D eigenvalue weighted by Crippen LogP contribution is 2.41. The molecule has 3 aromatic rings. The molecule has 1 aliphatic heterocycles. The van der Waals surface area contributed by atoms with E-state index in [9.17, 15) is 32.3 Å². The second kappa shape index (κ2) is 8.64. The van der Waals surface area contributed by atoms with Crippen LogP contribution in [0.15, 0.2) is 52.2 Å². The number of benzene rings is 2. The molecule has 0 saturated heterocycles. The Morgan fingerprint density at radius 2 is 1.78 bits per heavy atom. The van der Waals surface area contributed by atoms with Gasteiger partial charge in [0, 0.05) is 12.7 Å². The molecule has 1 aromatic heterocycles. The third-order valence-electron chi connectivity index (χ3n) is 6.55. The lowest BCUT2D eigenvalue weighted by atomic mass is 9.86. The molecule has 194 valence electrons. The largest absolute Gasteiger partial charge is 0.511 e. The molecule has 2 heterocycles. The molecule has 0 aliphatic carbocycles. The molecule has 2 aromatic carbocycles. The number of rotatable bonds is 4. The van der Waals surface area contributed by atoms with Crippen molar-refractivity contribution in [3.63, 3.8) is 0 Å². The molecular weight excluding hydrogens is 495 g/mol. The van der Waals surface area contributed by atoms with Gasteiger partial charge in [-0.1, -0.05) is 12.1 Å². The molecule has 0 saturated carbocycles. The van der Waals surface area contributed by atoms with Gasteiger partial charge in [-0.05, 0) is 61.7 Å². The molecule has 9 nitrogen and oxygen atoms in total. The quantitative estimate of drug-likeness (QED) is 0.529. The predicted molar refractivity (Wildman–Crippen MR) is 127 cm³/mol. The van der Waals surface area contributed by atoms with Gasteiger partial charge in [-0.25, -0.2) is 9.59 Å². The second-order valence-corrected chi connectivity index (χ2v) is 9.18. The van der Waals surface area contributed by atoms with Crippen LogP contribution in [0.1, 0.15) is 36.1 Å². The van der Waals surface area contributed by atoms with Crippen LogP contribution in [-0.4, -0.2) is 33.4 Å². The Bertz CT molecular complexity index is 1570. The summed E-state index contributed by atoms with van der Waals surface area (Å²) in [6, 6.07) is 8.04. The average molecular weight is 517 g/mol. The van der Waals surface area contributed by atoms with Crippen molar-refractivity contribution in [2.24, 2.45) is 0 Å². The number of likely N-dealkylation sites (N-methyl/N-ethyl adjacent to an activating group) is 1. The number of carbonyl (C=O) groups excluding carboxylic acids is 1. The van der Waals surface area contributed by atoms with Crippen molar-refractivity contribution in [3.8, 4) is 11.4 Å². The van der Waals surface area contributed by atoms with Crippen LogP contribution in [0.25, 0.3) is 5.69 Å². The minimum Gasteiger partial charge on any atom is -0.449 e. The first-order valence-electron chi connectivity index (χ1n) is 11.0. The summed E-state index contributed by atoms with van der Waals surface area (Å²) < 4.78 is 46.4. The van der Waals surface area contributed by atoms with E-state index in [4.69, 9.17) is 5.11 Å². The number of halogens is 3. The minimum absolute atomic E-state index is 0.0374.